The summed E-state index contributed by atoms with van der Waals surface area (Å²) in [5.41, 5.74) is 3.50. The lowest BCUT2D eigenvalue weighted by atomic mass is 10.0. The number of nitrogens with zero attached hydrogens (tertiary/aromatic N) is 5. The first kappa shape index (κ1) is 18.9. The molecule has 2 amide bonds. The number of urea groups is 1. The van der Waals surface area contributed by atoms with Crippen molar-refractivity contribution in [2.45, 2.75) is 51.2 Å². The predicted octanol–water partition coefficient (Wildman–Crippen LogP) is 2.63. The number of amides is 2. The van der Waals surface area contributed by atoms with Crippen LogP contribution in [0.5, 0.6) is 0 Å². The van der Waals surface area contributed by atoms with Gasteiger partial charge in [-0.15, -0.1) is 0 Å². The van der Waals surface area contributed by atoms with E-state index < -0.39 is 0 Å². The van der Waals surface area contributed by atoms with Crippen molar-refractivity contribution < 1.29 is 4.79 Å². The summed E-state index contributed by atoms with van der Waals surface area (Å²) in [6, 6.07) is 4.64. The lowest BCUT2D eigenvalue weighted by Crippen LogP contribution is -2.48. The maximum Gasteiger partial charge on any atom is 0.318 e. The molecule has 2 aliphatic rings. The average molecular weight is 383 g/mol. The average Bonchev–Trinajstić information content (AvgIpc) is 3.30. The van der Waals surface area contributed by atoms with Crippen LogP contribution >= 0.6 is 0 Å². The number of likely N-dealkylation sites (tertiary alicyclic amines) is 2. The van der Waals surface area contributed by atoms with Gasteiger partial charge in [-0.3, -0.25) is 14.6 Å². The van der Waals surface area contributed by atoms with E-state index in [4.69, 9.17) is 0 Å². The highest BCUT2D eigenvalue weighted by molar-refractivity contribution is 5.75. The van der Waals surface area contributed by atoms with Crippen LogP contribution in [0.2, 0.25) is 0 Å². The van der Waals surface area contributed by atoms with E-state index in [9.17, 15) is 4.79 Å². The molecular formula is C21H30N6O. The van der Waals surface area contributed by atoms with Crippen LogP contribution in [-0.4, -0.2) is 56.3 Å². The highest BCUT2D eigenvalue weighted by Gasteiger charge is 2.33. The molecule has 2 aliphatic heterocycles. The Hall–Kier alpha value is -2.41. The molecule has 150 valence electrons. The summed E-state index contributed by atoms with van der Waals surface area (Å²) >= 11 is 0. The third-order valence-corrected chi connectivity index (χ3v) is 5.99. The third-order valence-electron chi connectivity index (χ3n) is 5.99. The molecule has 4 rings (SSSR count). The number of aryl methyl sites for hydroxylation is 2. The SMILES string of the molecule is Cc1nn(C)cc1C1CCCN1C(=O)NC1CCN(Cc2ccncc2)CC1. The Morgan fingerprint density at radius 1 is 1.18 bits per heavy atom. The summed E-state index contributed by atoms with van der Waals surface area (Å²) in [5, 5.41) is 7.75. The van der Waals surface area contributed by atoms with E-state index in [1.165, 1.54) is 11.1 Å². The second-order valence-electron chi connectivity index (χ2n) is 8.05. The van der Waals surface area contributed by atoms with Gasteiger partial charge in [0.25, 0.3) is 0 Å². The van der Waals surface area contributed by atoms with E-state index in [1.54, 1.807) is 0 Å². The van der Waals surface area contributed by atoms with Crippen molar-refractivity contribution in [2.24, 2.45) is 7.05 Å². The Morgan fingerprint density at radius 2 is 1.93 bits per heavy atom. The molecule has 0 aliphatic carbocycles. The molecule has 0 aromatic carbocycles. The normalized spacial score (nSPS) is 21.2. The Bertz CT molecular complexity index is 796. The number of carbonyl (C=O) groups excluding carboxylic acids is 1. The lowest BCUT2D eigenvalue weighted by molar-refractivity contribution is 0.166. The van der Waals surface area contributed by atoms with Gasteiger partial charge in [0.1, 0.15) is 0 Å². The molecule has 1 N–H and O–H groups in total. The molecule has 2 aromatic heterocycles. The van der Waals surface area contributed by atoms with Crippen LogP contribution in [0.15, 0.2) is 30.7 Å². The maximum absolute atomic E-state index is 13.0. The van der Waals surface area contributed by atoms with Crippen molar-refractivity contribution in [3.05, 3.63) is 47.5 Å². The van der Waals surface area contributed by atoms with Crippen molar-refractivity contribution in [1.82, 2.24) is 29.9 Å². The summed E-state index contributed by atoms with van der Waals surface area (Å²) in [6.45, 7) is 5.84. The second kappa shape index (κ2) is 8.31. The maximum atomic E-state index is 13.0. The fourth-order valence-electron chi connectivity index (χ4n) is 4.52. The molecule has 7 nitrogen and oxygen atoms in total. The van der Waals surface area contributed by atoms with Gasteiger partial charge in [-0.25, -0.2) is 4.79 Å². The van der Waals surface area contributed by atoms with Crippen LogP contribution in [0.1, 0.15) is 48.5 Å². The molecule has 2 saturated heterocycles. The number of aromatic nitrogens is 3. The van der Waals surface area contributed by atoms with E-state index in [-0.39, 0.29) is 18.1 Å². The van der Waals surface area contributed by atoms with E-state index in [2.05, 4.69) is 38.6 Å². The van der Waals surface area contributed by atoms with Gasteiger partial charge in [0, 0.05) is 63.4 Å². The quantitative estimate of drug-likeness (QED) is 0.883. The highest BCUT2D eigenvalue weighted by atomic mass is 16.2. The highest BCUT2D eigenvalue weighted by Crippen LogP contribution is 2.33. The second-order valence-corrected chi connectivity index (χ2v) is 8.05. The first-order valence-electron chi connectivity index (χ1n) is 10.3. The van der Waals surface area contributed by atoms with Gasteiger partial charge in [0.15, 0.2) is 0 Å². The van der Waals surface area contributed by atoms with Crippen molar-refractivity contribution in [3.8, 4) is 0 Å². The molecule has 1 unspecified atom stereocenters. The fraction of sp³-hybridized carbons (Fsp3) is 0.571. The van der Waals surface area contributed by atoms with Crippen LogP contribution in [-0.2, 0) is 13.6 Å². The zero-order valence-electron chi connectivity index (χ0n) is 16.8. The predicted molar refractivity (Wildman–Crippen MR) is 108 cm³/mol. The van der Waals surface area contributed by atoms with Crippen molar-refractivity contribution >= 4 is 6.03 Å². The standard InChI is InChI=1S/C21H30N6O/c1-16-19(15-25(2)24-16)20-4-3-11-27(20)21(28)23-18-7-12-26(13-8-18)14-17-5-9-22-10-6-17/h5-6,9-10,15,18,20H,3-4,7-8,11-14H2,1-2H3,(H,23,28). The number of hydrogen-bond donors (Lipinski definition) is 1. The molecule has 0 saturated carbocycles. The molecule has 0 bridgehead atoms. The number of piperidine rings is 1. The van der Waals surface area contributed by atoms with Crippen LogP contribution < -0.4 is 5.32 Å². The Kier molecular flexibility index (Phi) is 5.62. The first-order chi connectivity index (χ1) is 13.6. The molecule has 7 heteroatoms. The zero-order valence-corrected chi connectivity index (χ0v) is 16.8. The van der Waals surface area contributed by atoms with Crippen LogP contribution in [0.3, 0.4) is 0 Å². The number of hydrogen-bond acceptors (Lipinski definition) is 4. The number of pyridine rings is 1. The van der Waals surface area contributed by atoms with Gasteiger partial charge in [0.05, 0.1) is 11.7 Å². The van der Waals surface area contributed by atoms with Crippen LogP contribution in [0.25, 0.3) is 0 Å². The summed E-state index contributed by atoms with van der Waals surface area (Å²) in [4.78, 5) is 21.5. The van der Waals surface area contributed by atoms with Gasteiger partial charge >= 0.3 is 6.03 Å². The molecular weight excluding hydrogens is 352 g/mol. The summed E-state index contributed by atoms with van der Waals surface area (Å²) < 4.78 is 1.84. The molecule has 4 heterocycles. The van der Waals surface area contributed by atoms with Crippen LogP contribution in [0.4, 0.5) is 4.79 Å². The molecule has 2 fully saturated rings. The smallest absolute Gasteiger partial charge is 0.318 e. The minimum absolute atomic E-state index is 0.0818. The Morgan fingerprint density at radius 3 is 2.61 bits per heavy atom. The Balaban J connectivity index is 1.30. The summed E-state index contributed by atoms with van der Waals surface area (Å²) in [7, 11) is 1.94. The molecule has 0 radical (unpaired) electrons. The minimum Gasteiger partial charge on any atom is -0.335 e. The zero-order chi connectivity index (χ0) is 19.5. The summed E-state index contributed by atoms with van der Waals surface area (Å²) in [5.74, 6) is 0. The molecule has 2 aromatic rings. The molecule has 28 heavy (non-hydrogen) atoms. The van der Waals surface area contributed by atoms with Gasteiger partial charge in [-0.2, -0.15) is 5.10 Å². The first-order valence-corrected chi connectivity index (χ1v) is 10.3. The van der Waals surface area contributed by atoms with E-state index in [0.29, 0.717) is 0 Å². The molecule has 1 atom stereocenters. The monoisotopic (exact) mass is 382 g/mol. The van der Waals surface area contributed by atoms with Crippen molar-refractivity contribution in [3.63, 3.8) is 0 Å². The Labute approximate surface area is 166 Å². The molecule has 0 spiro atoms. The number of nitrogens with one attached hydrogen (secondary N) is 1. The number of carbonyl (C=O) groups is 1. The van der Waals surface area contributed by atoms with Gasteiger partial charge < -0.3 is 10.2 Å². The van der Waals surface area contributed by atoms with Gasteiger partial charge in [-0.1, -0.05) is 0 Å². The van der Waals surface area contributed by atoms with E-state index >= 15 is 0 Å². The largest absolute Gasteiger partial charge is 0.335 e. The van der Waals surface area contributed by atoms with E-state index in [1.807, 2.05) is 35.9 Å². The minimum atomic E-state index is 0.0818. The fourth-order valence-corrected chi connectivity index (χ4v) is 4.52. The summed E-state index contributed by atoms with van der Waals surface area (Å²) in [6.07, 6.45) is 9.82. The van der Waals surface area contributed by atoms with Gasteiger partial charge in [-0.05, 0) is 50.3 Å². The number of rotatable bonds is 4. The van der Waals surface area contributed by atoms with Crippen molar-refractivity contribution in [1.29, 1.82) is 0 Å². The van der Waals surface area contributed by atoms with Crippen LogP contribution in [0, 0.1) is 6.92 Å². The van der Waals surface area contributed by atoms with Crippen molar-refractivity contribution in [2.75, 3.05) is 19.6 Å². The lowest BCUT2D eigenvalue weighted by Gasteiger charge is -2.34. The third kappa shape index (κ3) is 4.19. The van der Waals surface area contributed by atoms with Gasteiger partial charge in [0.2, 0.25) is 0 Å². The topological polar surface area (TPSA) is 66.3 Å². The van der Waals surface area contributed by atoms with E-state index in [0.717, 1.165) is 57.6 Å².